The normalized spacial score (nSPS) is 22.1. The van der Waals surface area contributed by atoms with E-state index in [4.69, 9.17) is 0 Å². The van der Waals surface area contributed by atoms with Gasteiger partial charge >= 0.3 is 0 Å². The molecule has 21 heavy (non-hydrogen) atoms. The molecule has 1 atom stereocenters. The van der Waals surface area contributed by atoms with E-state index in [0.717, 1.165) is 37.1 Å². The lowest BCUT2D eigenvalue weighted by Crippen LogP contribution is -2.37. The predicted octanol–water partition coefficient (Wildman–Crippen LogP) is 1.76. The summed E-state index contributed by atoms with van der Waals surface area (Å²) in [5, 5.41) is 1.14. The summed E-state index contributed by atoms with van der Waals surface area (Å²) in [7, 11) is 0. The number of piperidine rings is 1. The molecule has 0 aliphatic carbocycles. The Bertz CT molecular complexity index is 768. The molecule has 108 valence electrons. The number of carbonyl (C=O) groups excluding carboxylic acids is 1. The lowest BCUT2D eigenvalue weighted by molar-refractivity contribution is -0.121. The van der Waals surface area contributed by atoms with E-state index in [-0.39, 0.29) is 5.56 Å². The third-order valence-electron chi connectivity index (χ3n) is 4.77. The van der Waals surface area contributed by atoms with Crippen LogP contribution in [0.25, 0.3) is 10.9 Å². The number of Topliss-reactive ketones (excluding diaryl/α,β-unsaturated/α-hetero) is 1. The number of para-hydroxylation sites is 1. The maximum Gasteiger partial charge on any atom is 0.251 e. The predicted molar refractivity (Wildman–Crippen MR) is 81.6 cm³/mol. The summed E-state index contributed by atoms with van der Waals surface area (Å²) in [6.07, 6.45) is 1.34. The van der Waals surface area contributed by atoms with Crippen molar-refractivity contribution in [3.8, 4) is 0 Å². The van der Waals surface area contributed by atoms with Crippen LogP contribution in [0.4, 0.5) is 0 Å². The van der Waals surface area contributed by atoms with Gasteiger partial charge in [-0.15, -0.1) is 0 Å². The smallest absolute Gasteiger partial charge is 0.251 e. The Morgan fingerprint density at radius 1 is 1.05 bits per heavy atom. The molecule has 2 aliphatic rings. The Balaban J connectivity index is 1.66. The average Bonchev–Trinajstić information content (AvgIpc) is 2.86. The summed E-state index contributed by atoms with van der Waals surface area (Å²) < 4.78 is 1.91. The number of nitrogens with zero attached hydrogens (tertiary/aromatic N) is 2. The van der Waals surface area contributed by atoms with Crippen LogP contribution in [0.2, 0.25) is 0 Å². The molecule has 1 saturated heterocycles. The highest BCUT2D eigenvalue weighted by Gasteiger charge is 2.28. The van der Waals surface area contributed by atoms with Gasteiger partial charge < -0.3 is 9.47 Å². The van der Waals surface area contributed by atoms with Crippen LogP contribution in [0.5, 0.6) is 0 Å². The topological polar surface area (TPSA) is 42.3 Å². The monoisotopic (exact) mass is 282 g/mol. The van der Waals surface area contributed by atoms with Crippen LogP contribution in [0, 0.1) is 0 Å². The van der Waals surface area contributed by atoms with Crippen molar-refractivity contribution in [3.63, 3.8) is 0 Å². The van der Waals surface area contributed by atoms with E-state index in [2.05, 4.69) is 23.1 Å². The molecule has 0 radical (unpaired) electrons. The second-order valence-corrected chi connectivity index (χ2v) is 6.10. The van der Waals surface area contributed by atoms with E-state index in [0.29, 0.717) is 24.5 Å². The molecule has 1 aromatic carbocycles. The molecule has 0 N–H and O–H groups in total. The first-order valence-electron chi connectivity index (χ1n) is 7.59. The Morgan fingerprint density at radius 2 is 1.86 bits per heavy atom. The van der Waals surface area contributed by atoms with Gasteiger partial charge in [0.25, 0.3) is 5.56 Å². The number of likely N-dealkylation sites (tertiary alicyclic amines) is 1. The zero-order chi connectivity index (χ0) is 14.4. The molecule has 4 rings (SSSR count). The zero-order valence-electron chi connectivity index (χ0n) is 11.9. The van der Waals surface area contributed by atoms with Crippen molar-refractivity contribution in [1.82, 2.24) is 9.47 Å². The fourth-order valence-corrected chi connectivity index (χ4v) is 3.67. The minimum absolute atomic E-state index is 0.0891. The standard InChI is InChI=1S/C17H18N2O2/c20-14-6-8-18(9-7-14)10-13-11-19-16(21)5-4-12-2-1-3-15(13)17(12)19/h1-5,13H,6-11H2. The number of ketones is 1. The number of pyridine rings is 1. The van der Waals surface area contributed by atoms with Crippen molar-refractivity contribution < 1.29 is 4.79 Å². The summed E-state index contributed by atoms with van der Waals surface area (Å²) >= 11 is 0. The van der Waals surface area contributed by atoms with Crippen LogP contribution in [0.3, 0.4) is 0 Å². The summed E-state index contributed by atoms with van der Waals surface area (Å²) in [5.74, 6) is 0.733. The van der Waals surface area contributed by atoms with Gasteiger partial charge in [-0.1, -0.05) is 18.2 Å². The molecule has 1 aromatic heterocycles. The van der Waals surface area contributed by atoms with E-state index in [1.54, 1.807) is 6.07 Å². The van der Waals surface area contributed by atoms with Crippen LogP contribution in [0.1, 0.15) is 24.3 Å². The van der Waals surface area contributed by atoms with Gasteiger partial charge in [-0.3, -0.25) is 9.59 Å². The number of benzene rings is 1. The highest BCUT2D eigenvalue weighted by atomic mass is 16.1. The van der Waals surface area contributed by atoms with Gasteiger partial charge in [-0.05, 0) is 17.0 Å². The molecule has 1 unspecified atom stereocenters. The summed E-state index contributed by atoms with van der Waals surface area (Å²) in [5.41, 5.74) is 2.47. The van der Waals surface area contributed by atoms with Crippen LogP contribution in [0.15, 0.2) is 35.1 Å². The first-order chi connectivity index (χ1) is 10.2. The van der Waals surface area contributed by atoms with Gasteiger partial charge in [0.15, 0.2) is 0 Å². The minimum atomic E-state index is 0.0891. The molecule has 0 saturated carbocycles. The van der Waals surface area contributed by atoms with E-state index in [1.807, 2.05) is 10.6 Å². The Morgan fingerprint density at radius 3 is 2.67 bits per heavy atom. The maximum absolute atomic E-state index is 12.1. The van der Waals surface area contributed by atoms with Gasteiger partial charge in [-0.25, -0.2) is 0 Å². The van der Waals surface area contributed by atoms with E-state index in [1.165, 1.54) is 5.56 Å². The summed E-state index contributed by atoms with van der Waals surface area (Å²) in [6, 6.07) is 9.86. The average molecular weight is 282 g/mol. The maximum atomic E-state index is 12.1. The van der Waals surface area contributed by atoms with Crippen molar-refractivity contribution in [2.24, 2.45) is 0 Å². The highest BCUT2D eigenvalue weighted by molar-refractivity contribution is 5.84. The Hall–Kier alpha value is -1.94. The number of carbonyl (C=O) groups is 1. The molecule has 4 heteroatoms. The molecule has 4 nitrogen and oxygen atoms in total. The van der Waals surface area contributed by atoms with Crippen molar-refractivity contribution in [1.29, 1.82) is 0 Å². The van der Waals surface area contributed by atoms with Crippen molar-refractivity contribution >= 4 is 16.7 Å². The third-order valence-corrected chi connectivity index (χ3v) is 4.77. The van der Waals surface area contributed by atoms with Crippen molar-refractivity contribution in [2.75, 3.05) is 19.6 Å². The lowest BCUT2D eigenvalue weighted by Gasteiger charge is -2.28. The van der Waals surface area contributed by atoms with Gasteiger partial charge in [-0.2, -0.15) is 0 Å². The van der Waals surface area contributed by atoms with Crippen LogP contribution >= 0.6 is 0 Å². The number of rotatable bonds is 2. The van der Waals surface area contributed by atoms with Gasteiger partial charge in [0.2, 0.25) is 0 Å². The zero-order valence-corrected chi connectivity index (χ0v) is 11.9. The van der Waals surface area contributed by atoms with Gasteiger partial charge in [0, 0.05) is 51.0 Å². The number of hydrogen-bond acceptors (Lipinski definition) is 3. The number of aromatic nitrogens is 1. The second kappa shape index (κ2) is 4.81. The quantitative estimate of drug-likeness (QED) is 0.843. The van der Waals surface area contributed by atoms with Gasteiger partial charge in [0.1, 0.15) is 5.78 Å². The van der Waals surface area contributed by atoms with Crippen LogP contribution < -0.4 is 5.56 Å². The van der Waals surface area contributed by atoms with E-state index < -0.39 is 0 Å². The fourth-order valence-electron chi connectivity index (χ4n) is 3.67. The molecule has 3 heterocycles. The van der Waals surface area contributed by atoms with Crippen LogP contribution in [-0.2, 0) is 11.3 Å². The molecular formula is C17H18N2O2. The fraction of sp³-hybridized carbons (Fsp3) is 0.412. The minimum Gasteiger partial charge on any atom is -0.307 e. The first-order valence-corrected chi connectivity index (χ1v) is 7.59. The second-order valence-electron chi connectivity index (χ2n) is 6.10. The van der Waals surface area contributed by atoms with Crippen molar-refractivity contribution in [2.45, 2.75) is 25.3 Å². The Kier molecular flexibility index (Phi) is 2.93. The van der Waals surface area contributed by atoms with Crippen LogP contribution in [-0.4, -0.2) is 34.9 Å². The first kappa shape index (κ1) is 12.8. The highest BCUT2D eigenvalue weighted by Crippen LogP contribution is 2.33. The summed E-state index contributed by atoms with van der Waals surface area (Å²) in [6.45, 7) is 3.42. The van der Waals surface area contributed by atoms with E-state index in [9.17, 15) is 9.59 Å². The Labute approximate surface area is 123 Å². The third kappa shape index (κ3) is 2.10. The molecule has 0 spiro atoms. The van der Waals surface area contributed by atoms with Gasteiger partial charge in [0.05, 0.1) is 5.52 Å². The molecule has 0 bridgehead atoms. The summed E-state index contributed by atoms with van der Waals surface area (Å²) in [4.78, 5) is 25.8. The largest absolute Gasteiger partial charge is 0.307 e. The number of hydrogen-bond donors (Lipinski definition) is 0. The van der Waals surface area contributed by atoms with E-state index >= 15 is 0 Å². The molecular weight excluding hydrogens is 264 g/mol. The molecule has 2 aliphatic heterocycles. The van der Waals surface area contributed by atoms with Crippen molar-refractivity contribution in [3.05, 3.63) is 46.2 Å². The molecule has 1 fully saturated rings. The lowest BCUT2D eigenvalue weighted by atomic mass is 9.98. The molecule has 2 aromatic rings. The molecule has 0 amide bonds. The SMILES string of the molecule is O=C1CCN(CC2Cn3c(=O)ccc4cccc2c43)CC1.